The van der Waals surface area contributed by atoms with Gasteiger partial charge >= 0.3 is 6.09 Å². The third-order valence-corrected chi connectivity index (χ3v) is 5.98. The average molecular weight is 439 g/mol. The predicted octanol–water partition coefficient (Wildman–Crippen LogP) is 5.62. The molecule has 1 atom stereocenters. The molecule has 4 rings (SSSR count). The Balaban J connectivity index is 1.84. The smallest absolute Gasteiger partial charge is 0.418 e. The van der Waals surface area contributed by atoms with Crippen molar-refractivity contribution in [3.63, 3.8) is 0 Å². The molecule has 162 valence electrons. The minimum absolute atomic E-state index is 0.0258. The Morgan fingerprint density at radius 2 is 2.10 bits per heavy atom. The zero-order valence-corrected chi connectivity index (χ0v) is 18.9. The number of carbonyl (C=O) groups excluding carboxylic acids is 2. The van der Waals surface area contributed by atoms with E-state index in [0.717, 1.165) is 22.4 Å². The first-order valence-electron chi connectivity index (χ1n) is 10.3. The molecule has 0 fully saturated rings. The number of carbonyl (C=O) groups is 2. The highest BCUT2D eigenvalue weighted by atomic mass is 32.1. The van der Waals surface area contributed by atoms with Gasteiger partial charge in [0.05, 0.1) is 5.69 Å². The molecule has 0 aliphatic carbocycles. The number of aromatic nitrogens is 1. The molecule has 1 N–H and O–H groups in total. The van der Waals surface area contributed by atoms with Crippen LogP contribution in [0.15, 0.2) is 53.4 Å². The molecular weight excluding hydrogens is 412 g/mol. The van der Waals surface area contributed by atoms with Gasteiger partial charge < -0.3 is 14.8 Å². The van der Waals surface area contributed by atoms with Crippen molar-refractivity contribution in [3.05, 3.63) is 64.5 Å². The summed E-state index contributed by atoms with van der Waals surface area (Å²) in [5, 5.41) is 7.02. The summed E-state index contributed by atoms with van der Waals surface area (Å²) in [5.74, 6) is -0.184. The third kappa shape index (κ3) is 4.03. The Kier molecular flexibility index (Phi) is 5.49. The van der Waals surface area contributed by atoms with Crippen LogP contribution in [0.4, 0.5) is 10.5 Å². The van der Waals surface area contributed by atoms with E-state index in [4.69, 9.17) is 9.47 Å². The second-order valence-corrected chi connectivity index (χ2v) is 9.31. The number of nitrogens with zero attached hydrogens (tertiary/aromatic N) is 1. The predicted molar refractivity (Wildman–Crippen MR) is 121 cm³/mol. The molecule has 7 heteroatoms. The number of hydrogen-bond donors (Lipinski definition) is 1. The first kappa shape index (κ1) is 21.3. The Labute approximate surface area is 185 Å². The van der Waals surface area contributed by atoms with Gasteiger partial charge in [0, 0.05) is 17.4 Å². The van der Waals surface area contributed by atoms with E-state index in [1.165, 1.54) is 4.57 Å². The lowest BCUT2D eigenvalue weighted by Gasteiger charge is -2.32. The van der Waals surface area contributed by atoms with Crippen molar-refractivity contribution in [1.29, 1.82) is 0 Å². The molecule has 2 aromatic heterocycles. The van der Waals surface area contributed by atoms with Gasteiger partial charge in [-0.15, -0.1) is 0 Å². The summed E-state index contributed by atoms with van der Waals surface area (Å²) >= 11 is 1.59. The van der Waals surface area contributed by atoms with E-state index in [1.807, 2.05) is 69.5 Å². The van der Waals surface area contributed by atoms with Crippen molar-refractivity contribution < 1.29 is 19.1 Å². The Hall–Kier alpha value is -2.90. The number of hydrogen-bond acceptors (Lipinski definition) is 5. The number of amides is 1. The molecule has 1 aromatic carbocycles. The second kappa shape index (κ2) is 7.98. The minimum atomic E-state index is -0.756. The van der Waals surface area contributed by atoms with Crippen LogP contribution in [0.5, 0.6) is 0 Å². The maximum Gasteiger partial charge on any atom is 0.418 e. The second-order valence-electron chi connectivity index (χ2n) is 8.53. The molecule has 0 bridgehead atoms. The SMILES string of the molecule is CCC1(c2ccsc2)OCC(=O)Nc2ccc(-c3cccn3C(=O)OC(C)(C)C)cc21. The number of fused-ring (bicyclic) bond motifs is 1. The standard InChI is InChI=1S/C24H26N2O4S/c1-5-24(17-10-12-31-15-17)18-13-16(8-9-19(18)25-21(27)14-29-24)20-7-6-11-26(20)22(28)30-23(2,3)4/h6-13,15H,5,14H2,1-4H3,(H,25,27). The van der Waals surface area contributed by atoms with E-state index in [0.29, 0.717) is 12.1 Å². The van der Waals surface area contributed by atoms with Gasteiger partial charge in [-0.2, -0.15) is 11.3 Å². The topological polar surface area (TPSA) is 69.6 Å². The summed E-state index contributed by atoms with van der Waals surface area (Å²) in [4.78, 5) is 25.0. The van der Waals surface area contributed by atoms with Crippen LogP contribution in [0.2, 0.25) is 0 Å². The summed E-state index contributed by atoms with van der Waals surface area (Å²) in [7, 11) is 0. The van der Waals surface area contributed by atoms with E-state index in [-0.39, 0.29) is 12.5 Å². The zero-order valence-electron chi connectivity index (χ0n) is 18.1. The van der Waals surface area contributed by atoms with Gasteiger partial charge in [-0.1, -0.05) is 13.0 Å². The molecule has 6 nitrogen and oxygen atoms in total. The lowest BCUT2D eigenvalue weighted by atomic mass is 9.83. The van der Waals surface area contributed by atoms with E-state index < -0.39 is 17.3 Å². The third-order valence-electron chi connectivity index (χ3n) is 5.30. The summed E-state index contributed by atoms with van der Waals surface area (Å²) in [5.41, 5.74) is 2.79. The Morgan fingerprint density at radius 3 is 2.77 bits per heavy atom. The largest absolute Gasteiger partial charge is 0.443 e. The van der Waals surface area contributed by atoms with Gasteiger partial charge in [-0.25, -0.2) is 4.79 Å². The van der Waals surface area contributed by atoms with Crippen LogP contribution in [0.1, 0.15) is 45.2 Å². The highest BCUT2D eigenvalue weighted by Crippen LogP contribution is 2.44. The zero-order chi connectivity index (χ0) is 22.2. The average Bonchev–Trinajstić information content (AvgIpc) is 3.38. The van der Waals surface area contributed by atoms with Crippen molar-refractivity contribution in [2.75, 3.05) is 11.9 Å². The van der Waals surface area contributed by atoms with Gasteiger partial charge in [0.1, 0.15) is 17.8 Å². The molecular formula is C24H26N2O4S. The molecule has 1 amide bonds. The quantitative estimate of drug-likeness (QED) is 0.576. The van der Waals surface area contributed by atoms with Crippen molar-refractivity contribution >= 4 is 29.0 Å². The number of rotatable bonds is 3. The molecule has 1 aliphatic rings. The molecule has 3 aromatic rings. The number of benzene rings is 1. The molecule has 0 radical (unpaired) electrons. The fourth-order valence-corrected chi connectivity index (χ4v) is 4.63. The monoisotopic (exact) mass is 438 g/mol. The first-order valence-corrected chi connectivity index (χ1v) is 11.2. The summed E-state index contributed by atoms with van der Waals surface area (Å²) < 4.78 is 13.3. The van der Waals surface area contributed by atoms with Crippen LogP contribution in [-0.4, -0.2) is 28.8 Å². The van der Waals surface area contributed by atoms with Crippen LogP contribution >= 0.6 is 11.3 Å². The van der Waals surface area contributed by atoms with Crippen LogP contribution in [0.25, 0.3) is 11.3 Å². The van der Waals surface area contributed by atoms with Crippen molar-refractivity contribution in [3.8, 4) is 11.3 Å². The van der Waals surface area contributed by atoms with Gasteiger partial charge in [-0.05, 0) is 79.4 Å². The van der Waals surface area contributed by atoms with E-state index in [9.17, 15) is 9.59 Å². The summed E-state index contributed by atoms with van der Waals surface area (Å²) in [6.45, 7) is 7.54. The normalized spacial score (nSPS) is 18.8. The molecule has 3 heterocycles. The Bertz CT molecular complexity index is 1110. The fraction of sp³-hybridized carbons (Fsp3) is 0.333. The molecule has 0 saturated heterocycles. The maximum atomic E-state index is 12.7. The van der Waals surface area contributed by atoms with Gasteiger partial charge in [0.25, 0.3) is 0 Å². The molecule has 0 saturated carbocycles. The molecule has 1 unspecified atom stereocenters. The maximum absolute atomic E-state index is 12.7. The molecule has 0 spiro atoms. The van der Waals surface area contributed by atoms with Crippen molar-refractivity contribution in [2.45, 2.75) is 45.3 Å². The van der Waals surface area contributed by atoms with Crippen LogP contribution in [0.3, 0.4) is 0 Å². The first-order chi connectivity index (χ1) is 14.7. The molecule has 31 heavy (non-hydrogen) atoms. The van der Waals surface area contributed by atoms with Crippen LogP contribution in [-0.2, 0) is 19.9 Å². The van der Waals surface area contributed by atoms with E-state index in [2.05, 4.69) is 10.7 Å². The van der Waals surface area contributed by atoms with Crippen LogP contribution < -0.4 is 5.32 Å². The number of anilines is 1. The lowest BCUT2D eigenvalue weighted by Crippen LogP contribution is -2.30. The van der Waals surface area contributed by atoms with Crippen molar-refractivity contribution in [2.24, 2.45) is 0 Å². The van der Waals surface area contributed by atoms with Crippen LogP contribution in [0, 0.1) is 0 Å². The van der Waals surface area contributed by atoms with E-state index in [1.54, 1.807) is 17.5 Å². The summed E-state index contributed by atoms with van der Waals surface area (Å²) in [6, 6.07) is 11.5. The molecule has 1 aliphatic heterocycles. The number of ether oxygens (including phenoxy) is 2. The van der Waals surface area contributed by atoms with Gasteiger partial charge in [-0.3, -0.25) is 9.36 Å². The number of nitrogens with one attached hydrogen (secondary N) is 1. The summed E-state index contributed by atoms with van der Waals surface area (Å²) in [6.07, 6.45) is 1.91. The Morgan fingerprint density at radius 1 is 1.29 bits per heavy atom. The van der Waals surface area contributed by atoms with Gasteiger partial charge in [0.2, 0.25) is 5.91 Å². The van der Waals surface area contributed by atoms with Gasteiger partial charge in [0.15, 0.2) is 0 Å². The van der Waals surface area contributed by atoms with Crippen molar-refractivity contribution in [1.82, 2.24) is 4.57 Å². The minimum Gasteiger partial charge on any atom is -0.443 e. The highest BCUT2D eigenvalue weighted by molar-refractivity contribution is 7.08. The number of thiophene rings is 1. The lowest BCUT2D eigenvalue weighted by molar-refractivity contribution is -0.125. The van der Waals surface area contributed by atoms with E-state index >= 15 is 0 Å². The fourth-order valence-electron chi connectivity index (χ4n) is 3.92. The highest BCUT2D eigenvalue weighted by Gasteiger charge is 2.39.